The van der Waals surface area contributed by atoms with Gasteiger partial charge in [-0.3, -0.25) is 19.3 Å². The third-order valence-corrected chi connectivity index (χ3v) is 5.36. The minimum absolute atomic E-state index is 0.0929. The van der Waals surface area contributed by atoms with Crippen molar-refractivity contribution < 1.29 is 23.2 Å². The SMILES string of the molecule is Cc1ccc(C(C(=O)NCc2ccco2)N(C(=O)CNC(=O)c2ccco2)c2ccccc2)cc1. The first kappa shape index (κ1) is 23.6. The number of carbonyl (C=O) groups is 3. The fraction of sp³-hybridized carbons (Fsp3) is 0.148. The van der Waals surface area contributed by atoms with Crippen LogP contribution in [0, 0.1) is 6.92 Å². The maximum absolute atomic E-state index is 13.5. The highest BCUT2D eigenvalue weighted by molar-refractivity contribution is 6.04. The second-order valence-corrected chi connectivity index (χ2v) is 7.87. The second kappa shape index (κ2) is 11.0. The van der Waals surface area contributed by atoms with Crippen LogP contribution < -0.4 is 15.5 Å². The Morgan fingerprint density at radius 1 is 0.829 bits per heavy atom. The zero-order valence-corrected chi connectivity index (χ0v) is 19.1. The average Bonchev–Trinajstić information content (AvgIpc) is 3.60. The first-order valence-electron chi connectivity index (χ1n) is 11.1. The van der Waals surface area contributed by atoms with Crippen LogP contribution in [0.2, 0.25) is 0 Å². The van der Waals surface area contributed by atoms with Gasteiger partial charge in [0.05, 0.1) is 25.6 Å². The lowest BCUT2D eigenvalue weighted by Gasteiger charge is -2.31. The van der Waals surface area contributed by atoms with E-state index in [1.54, 1.807) is 42.5 Å². The second-order valence-electron chi connectivity index (χ2n) is 7.87. The van der Waals surface area contributed by atoms with Crippen molar-refractivity contribution in [2.24, 2.45) is 0 Å². The van der Waals surface area contributed by atoms with E-state index >= 15 is 0 Å². The average molecular weight is 472 g/mol. The molecule has 4 aromatic rings. The molecule has 3 amide bonds. The largest absolute Gasteiger partial charge is 0.467 e. The Morgan fingerprint density at radius 3 is 2.20 bits per heavy atom. The Bertz CT molecular complexity index is 1250. The summed E-state index contributed by atoms with van der Waals surface area (Å²) in [5.74, 6) is -0.695. The van der Waals surface area contributed by atoms with E-state index in [0.29, 0.717) is 17.0 Å². The maximum Gasteiger partial charge on any atom is 0.287 e. The van der Waals surface area contributed by atoms with Gasteiger partial charge in [-0.05, 0) is 48.9 Å². The van der Waals surface area contributed by atoms with Gasteiger partial charge in [-0.1, -0.05) is 48.0 Å². The number of rotatable bonds is 9. The Labute approximate surface area is 202 Å². The molecule has 0 saturated carbocycles. The molecule has 4 rings (SSSR count). The number of para-hydroxylation sites is 1. The molecule has 0 saturated heterocycles. The molecule has 0 aliphatic rings. The van der Waals surface area contributed by atoms with Crippen LogP contribution in [0.3, 0.4) is 0 Å². The molecule has 1 unspecified atom stereocenters. The minimum Gasteiger partial charge on any atom is -0.467 e. The van der Waals surface area contributed by atoms with Crippen LogP contribution in [0.25, 0.3) is 0 Å². The first-order chi connectivity index (χ1) is 17.0. The van der Waals surface area contributed by atoms with E-state index in [-0.39, 0.29) is 24.8 Å². The van der Waals surface area contributed by atoms with Crippen LogP contribution in [-0.4, -0.2) is 24.3 Å². The molecule has 2 aromatic carbocycles. The van der Waals surface area contributed by atoms with Crippen molar-refractivity contribution in [1.82, 2.24) is 10.6 Å². The summed E-state index contributed by atoms with van der Waals surface area (Å²) in [5, 5.41) is 5.43. The molecule has 8 heteroatoms. The fourth-order valence-electron chi connectivity index (χ4n) is 3.61. The summed E-state index contributed by atoms with van der Waals surface area (Å²) in [4.78, 5) is 40.8. The summed E-state index contributed by atoms with van der Waals surface area (Å²) in [7, 11) is 0. The Morgan fingerprint density at radius 2 is 1.54 bits per heavy atom. The van der Waals surface area contributed by atoms with Crippen molar-refractivity contribution >= 4 is 23.4 Å². The van der Waals surface area contributed by atoms with Gasteiger partial charge >= 0.3 is 0 Å². The number of nitrogens with zero attached hydrogens (tertiary/aromatic N) is 1. The monoisotopic (exact) mass is 471 g/mol. The molecule has 2 heterocycles. The van der Waals surface area contributed by atoms with E-state index in [0.717, 1.165) is 5.56 Å². The summed E-state index contributed by atoms with van der Waals surface area (Å²) < 4.78 is 10.4. The smallest absolute Gasteiger partial charge is 0.287 e. The van der Waals surface area contributed by atoms with Crippen LogP contribution in [0.15, 0.2) is 100 Å². The molecule has 2 N–H and O–H groups in total. The number of hydrogen-bond donors (Lipinski definition) is 2. The van der Waals surface area contributed by atoms with Gasteiger partial charge in [-0.2, -0.15) is 0 Å². The van der Waals surface area contributed by atoms with E-state index in [9.17, 15) is 14.4 Å². The van der Waals surface area contributed by atoms with Gasteiger partial charge in [0.15, 0.2) is 5.76 Å². The van der Waals surface area contributed by atoms with E-state index in [1.165, 1.54) is 23.5 Å². The van der Waals surface area contributed by atoms with Gasteiger partial charge in [-0.25, -0.2) is 0 Å². The number of benzene rings is 2. The maximum atomic E-state index is 13.5. The number of anilines is 1. The van der Waals surface area contributed by atoms with E-state index in [1.807, 2.05) is 37.3 Å². The van der Waals surface area contributed by atoms with Gasteiger partial charge in [-0.15, -0.1) is 0 Å². The standard InChI is InChI=1S/C27H25N3O5/c1-19-11-13-20(14-12-19)25(27(33)28-17-22-9-5-15-34-22)30(21-7-3-2-4-8-21)24(31)18-29-26(32)23-10-6-16-35-23/h2-16,25H,17-18H2,1H3,(H,28,33)(H,29,32). The number of carbonyl (C=O) groups excluding carboxylic acids is 3. The third kappa shape index (κ3) is 5.86. The molecule has 0 bridgehead atoms. The Kier molecular flexibility index (Phi) is 7.42. The van der Waals surface area contributed by atoms with Crippen molar-refractivity contribution in [2.75, 3.05) is 11.4 Å². The first-order valence-corrected chi connectivity index (χ1v) is 11.1. The molecule has 0 radical (unpaired) electrons. The predicted octanol–water partition coefficient (Wildman–Crippen LogP) is 4.00. The Hall–Kier alpha value is -4.59. The summed E-state index contributed by atoms with van der Waals surface area (Å²) >= 11 is 0. The third-order valence-electron chi connectivity index (χ3n) is 5.36. The fourth-order valence-corrected chi connectivity index (χ4v) is 3.61. The summed E-state index contributed by atoms with van der Waals surface area (Å²) in [6, 6.07) is 21.9. The van der Waals surface area contributed by atoms with Crippen molar-refractivity contribution in [3.8, 4) is 0 Å². The zero-order chi connectivity index (χ0) is 24.6. The molecule has 8 nitrogen and oxygen atoms in total. The van der Waals surface area contributed by atoms with Crippen molar-refractivity contribution in [3.05, 3.63) is 114 Å². The zero-order valence-electron chi connectivity index (χ0n) is 19.1. The van der Waals surface area contributed by atoms with E-state index in [2.05, 4.69) is 10.6 Å². The quantitative estimate of drug-likeness (QED) is 0.384. The van der Waals surface area contributed by atoms with Crippen LogP contribution in [-0.2, 0) is 16.1 Å². The summed E-state index contributed by atoms with van der Waals surface area (Å²) in [6.45, 7) is 1.78. The summed E-state index contributed by atoms with van der Waals surface area (Å²) in [6.07, 6.45) is 2.91. The normalized spacial score (nSPS) is 11.5. The van der Waals surface area contributed by atoms with Crippen molar-refractivity contribution in [1.29, 1.82) is 0 Å². The number of amides is 3. The minimum atomic E-state index is -0.985. The van der Waals surface area contributed by atoms with Crippen LogP contribution in [0.1, 0.15) is 33.5 Å². The Balaban J connectivity index is 1.64. The highest BCUT2D eigenvalue weighted by atomic mass is 16.3. The molecule has 0 aliphatic carbocycles. The molecule has 1 atom stereocenters. The van der Waals surface area contributed by atoms with Gasteiger partial charge < -0.3 is 19.5 Å². The summed E-state index contributed by atoms with van der Waals surface area (Å²) in [5.41, 5.74) is 2.16. The lowest BCUT2D eigenvalue weighted by molar-refractivity contribution is -0.126. The molecule has 0 aliphatic heterocycles. The van der Waals surface area contributed by atoms with Crippen LogP contribution in [0.4, 0.5) is 5.69 Å². The van der Waals surface area contributed by atoms with Crippen LogP contribution in [0.5, 0.6) is 0 Å². The number of nitrogens with one attached hydrogen (secondary N) is 2. The number of hydrogen-bond acceptors (Lipinski definition) is 5. The topological polar surface area (TPSA) is 105 Å². The highest BCUT2D eigenvalue weighted by Gasteiger charge is 2.33. The molecular weight excluding hydrogens is 446 g/mol. The highest BCUT2D eigenvalue weighted by Crippen LogP contribution is 2.28. The van der Waals surface area contributed by atoms with Gasteiger partial charge in [0.1, 0.15) is 11.8 Å². The van der Waals surface area contributed by atoms with Crippen molar-refractivity contribution in [3.63, 3.8) is 0 Å². The number of aryl methyl sites for hydroxylation is 1. The molecule has 178 valence electrons. The lowest BCUT2D eigenvalue weighted by Crippen LogP contribution is -2.47. The van der Waals surface area contributed by atoms with E-state index in [4.69, 9.17) is 8.83 Å². The van der Waals surface area contributed by atoms with Crippen molar-refractivity contribution in [2.45, 2.75) is 19.5 Å². The molecule has 0 fully saturated rings. The van der Waals surface area contributed by atoms with E-state index < -0.39 is 17.9 Å². The van der Waals surface area contributed by atoms with Gasteiger partial charge in [0.25, 0.3) is 5.91 Å². The van der Waals surface area contributed by atoms with Gasteiger partial charge in [0.2, 0.25) is 11.8 Å². The molecule has 0 spiro atoms. The lowest BCUT2D eigenvalue weighted by atomic mass is 10.0. The molecule has 2 aromatic heterocycles. The van der Waals surface area contributed by atoms with Crippen LogP contribution >= 0.6 is 0 Å². The molecule has 35 heavy (non-hydrogen) atoms. The predicted molar refractivity (Wildman–Crippen MR) is 129 cm³/mol. The molecular formula is C27H25N3O5. The van der Waals surface area contributed by atoms with Gasteiger partial charge in [0, 0.05) is 5.69 Å². The number of furan rings is 2.